The first-order valence-corrected chi connectivity index (χ1v) is 4.96. The summed E-state index contributed by atoms with van der Waals surface area (Å²) >= 11 is 0. The van der Waals surface area contributed by atoms with E-state index in [-0.39, 0.29) is 0 Å². The molecule has 3 nitrogen and oxygen atoms in total. The number of ether oxygens (including phenoxy) is 1. The Kier molecular flexibility index (Phi) is 2.77. The molecule has 0 radical (unpaired) electrons. The van der Waals surface area contributed by atoms with Crippen molar-refractivity contribution < 1.29 is 9.53 Å². The van der Waals surface area contributed by atoms with Gasteiger partial charge in [0, 0.05) is 0 Å². The van der Waals surface area contributed by atoms with Crippen LogP contribution in [0.4, 0.5) is 0 Å². The Balaban J connectivity index is 1.98. The van der Waals surface area contributed by atoms with E-state index < -0.39 is 0 Å². The second-order valence-corrected chi connectivity index (χ2v) is 3.56. The maximum absolute atomic E-state index is 10.4. The molecule has 14 heavy (non-hydrogen) atoms. The summed E-state index contributed by atoms with van der Waals surface area (Å²) in [7, 11) is 0. The summed E-state index contributed by atoms with van der Waals surface area (Å²) in [5, 5.41) is 0. The molecule has 0 unspecified atom stereocenters. The van der Waals surface area contributed by atoms with Crippen molar-refractivity contribution in [3.63, 3.8) is 0 Å². The molecule has 0 bridgehead atoms. The van der Waals surface area contributed by atoms with E-state index in [1.165, 1.54) is 12.8 Å². The van der Waals surface area contributed by atoms with Crippen LogP contribution in [0.2, 0.25) is 0 Å². The zero-order chi connectivity index (χ0) is 9.80. The highest BCUT2D eigenvalue weighted by molar-refractivity contribution is 5.71. The average Bonchev–Trinajstić information content (AvgIpc) is 2.72. The van der Waals surface area contributed by atoms with Crippen molar-refractivity contribution in [1.29, 1.82) is 0 Å². The van der Waals surface area contributed by atoms with Gasteiger partial charge in [-0.25, -0.2) is 4.98 Å². The van der Waals surface area contributed by atoms with Crippen LogP contribution in [-0.4, -0.2) is 17.4 Å². The van der Waals surface area contributed by atoms with Gasteiger partial charge in [0.15, 0.2) is 6.29 Å². The first-order chi connectivity index (χ1) is 6.88. The fraction of sp³-hybridized carbons (Fsp3) is 0.455. The molecule has 1 saturated carbocycles. The molecule has 0 N–H and O–H groups in total. The lowest BCUT2D eigenvalue weighted by molar-refractivity contribution is 0.111. The highest BCUT2D eigenvalue weighted by Gasteiger charge is 2.16. The van der Waals surface area contributed by atoms with E-state index in [2.05, 4.69) is 4.98 Å². The van der Waals surface area contributed by atoms with Crippen LogP contribution in [0.25, 0.3) is 0 Å². The molecule has 0 aromatic carbocycles. The minimum atomic E-state index is 0.346. The number of hydrogen-bond donors (Lipinski definition) is 0. The molecule has 1 aromatic rings. The number of aldehydes is 1. The Morgan fingerprint density at radius 3 is 2.71 bits per heavy atom. The van der Waals surface area contributed by atoms with Gasteiger partial charge in [-0.05, 0) is 37.8 Å². The number of carbonyl (C=O) groups is 1. The molecule has 0 aliphatic heterocycles. The predicted octanol–water partition coefficient (Wildman–Crippen LogP) is 2.22. The molecule has 74 valence electrons. The molecule has 1 fully saturated rings. The van der Waals surface area contributed by atoms with Crippen LogP contribution < -0.4 is 4.74 Å². The summed E-state index contributed by atoms with van der Waals surface area (Å²) < 4.78 is 5.70. The third-order valence-electron chi connectivity index (χ3n) is 2.48. The van der Waals surface area contributed by atoms with Crippen LogP contribution in [0.3, 0.4) is 0 Å². The van der Waals surface area contributed by atoms with E-state index in [0.717, 1.165) is 24.9 Å². The summed E-state index contributed by atoms with van der Waals surface area (Å²) in [6.07, 6.45) is 7.47. The molecular weight excluding hydrogens is 178 g/mol. The SMILES string of the molecule is O=Cc1ccc(OC2CCCC2)cn1. The normalized spacial score (nSPS) is 16.9. The lowest BCUT2D eigenvalue weighted by atomic mass is 10.3. The molecule has 1 aliphatic carbocycles. The minimum absolute atomic E-state index is 0.346. The third kappa shape index (κ3) is 2.10. The van der Waals surface area contributed by atoms with Crippen molar-refractivity contribution in [3.8, 4) is 5.75 Å². The van der Waals surface area contributed by atoms with Crippen molar-refractivity contribution in [3.05, 3.63) is 24.0 Å². The Hall–Kier alpha value is -1.38. The maximum atomic E-state index is 10.4. The largest absolute Gasteiger partial charge is 0.489 e. The van der Waals surface area contributed by atoms with Gasteiger partial charge in [0.1, 0.15) is 11.4 Å². The highest BCUT2D eigenvalue weighted by atomic mass is 16.5. The summed E-state index contributed by atoms with van der Waals surface area (Å²) in [6.45, 7) is 0. The summed E-state index contributed by atoms with van der Waals surface area (Å²) in [5.74, 6) is 0.766. The van der Waals surface area contributed by atoms with Crippen molar-refractivity contribution in [2.45, 2.75) is 31.8 Å². The van der Waals surface area contributed by atoms with Gasteiger partial charge in [-0.3, -0.25) is 4.79 Å². The van der Waals surface area contributed by atoms with Crippen molar-refractivity contribution in [2.24, 2.45) is 0 Å². The number of aromatic nitrogens is 1. The average molecular weight is 191 g/mol. The molecule has 0 amide bonds. The second kappa shape index (κ2) is 4.22. The molecule has 2 rings (SSSR count). The molecule has 1 aromatic heterocycles. The summed E-state index contributed by atoms with van der Waals surface area (Å²) in [5.41, 5.74) is 0.448. The van der Waals surface area contributed by atoms with E-state index in [1.54, 1.807) is 18.3 Å². The highest BCUT2D eigenvalue weighted by Crippen LogP contribution is 2.23. The van der Waals surface area contributed by atoms with Gasteiger partial charge in [0.05, 0.1) is 12.3 Å². The number of carbonyl (C=O) groups excluding carboxylic acids is 1. The van der Waals surface area contributed by atoms with Gasteiger partial charge in [0.25, 0.3) is 0 Å². The maximum Gasteiger partial charge on any atom is 0.168 e. The predicted molar refractivity (Wildman–Crippen MR) is 52.5 cm³/mol. The molecular formula is C11H13NO2. The van der Waals surface area contributed by atoms with Crippen molar-refractivity contribution in [1.82, 2.24) is 4.98 Å². The smallest absolute Gasteiger partial charge is 0.168 e. The zero-order valence-electron chi connectivity index (χ0n) is 7.98. The number of nitrogens with zero attached hydrogens (tertiary/aromatic N) is 1. The Morgan fingerprint density at radius 2 is 2.14 bits per heavy atom. The number of rotatable bonds is 3. The number of pyridine rings is 1. The fourth-order valence-corrected chi connectivity index (χ4v) is 1.73. The monoisotopic (exact) mass is 191 g/mol. The molecule has 3 heteroatoms. The van der Waals surface area contributed by atoms with E-state index in [4.69, 9.17) is 4.74 Å². The van der Waals surface area contributed by atoms with Crippen LogP contribution in [-0.2, 0) is 0 Å². The van der Waals surface area contributed by atoms with E-state index in [9.17, 15) is 4.79 Å². The first-order valence-electron chi connectivity index (χ1n) is 4.96. The second-order valence-electron chi connectivity index (χ2n) is 3.56. The van der Waals surface area contributed by atoms with Crippen LogP contribution in [0, 0.1) is 0 Å². The van der Waals surface area contributed by atoms with Gasteiger partial charge in [0.2, 0.25) is 0 Å². The lowest BCUT2D eigenvalue weighted by Crippen LogP contribution is -2.10. The van der Waals surface area contributed by atoms with Crippen molar-refractivity contribution >= 4 is 6.29 Å². The quantitative estimate of drug-likeness (QED) is 0.687. The Labute approximate surface area is 83.1 Å². The van der Waals surface area contributed by atoms with E-state index in [0.29, 0.717) is 11.8 Å². The van der Waals surface area contributed by atoms with Crippen LogP contribution in [0.5, 0.6) is 5.75 Å². The fourth-order valence-electron chi connectivity index (χ4n) is 1.73. The molecule has 0 saturated heterocycles. The molecule has 0 spiro atoms. The molecule has 1 aliphatic rings. The summed E-state index contributed by atoms with van der Waals surface area (Å²) in [4.78, 5) is 14.3. The molecule has 0 atom stereocenters. The standard InChI is InChI=1S/C11H13NO2/c13-8-9-5-6-11(7-12-9)14-10-3-1-2-4-10/h5-8,10H,1-4H2. The summed E-state index contributed by atoms with van der Waals surface area (Å²) in [6, 6.07) is 3.48. The van der Waals surface area contributed by atoms with Gasteiger partial charge < -0.3 is 4.74 Å². The topological polar surface area (TPSA) is 39.2 Å². The van der Waals surface area contributed by atoms with Gasteiger partial charge in [-0.2, -0.15) is 0 Å². The van der Waals surface area contributed by atoms with Crippen molar-refractivity contribution in [2.75, 3.05) is 0 Å². The van der Waals surface area contributed by atoms with Crippen LogP contribution in [0.15, 0.2) is 18.3 Å². The van der Waals surface area contributed by atoms with E-state index in [1.807, 2.05) is 0 Å². The van der Waals surface area contributed by atoms with Gasteiger partial charge >= 0.3 is 0 Å². The minimum Gasteiger partial charge on any atom is -0.489 e. The van der Waals surface area contributed by atoms with Gasteiger partial charge in [-0.1, -0.05) is 0 Å². The first kappa shape index (κ1) is 9.19. The molecule has 1 heterocycles. The zero-order valence-corrected chi connectivity index (χ0v) is 7.98. The van der Waals surface area contributed by atoms with Gasteiger partial charge in [-0.15, -0.1) is 0 Å². The number of hydrogen-bond acceptors (Lipinski definition) is 3. The van der Waals surface area contributed by atoms with Crippen LogP contribution >= 0.6 is 0 Å². The Morgan fingerprint density at radius 1 is 1.36 bits per heavy atom. The third-order valence-corrected chi connectivity index (χ3v) is 2.48. The Bertz CT molecular complexity index is 302. The van der Waals surface area contributed by atoms with E-state index >= 15 is 0 Å². The van der Waals surface area contributed by atoms with Crippen LogP contribution in [0.1, 0.15) is 36.2 Å². The lowest BCUT2D eigenvalue weighted by Gasteiger charge is -2.11.